The summed E-state index contributed by atoms with van der Waals surface area (Å²) in [6.07, 6.45) is 10.2. The lowest BCUT2D eigenvalue weighted by molar-refractivity contribution is -0.137. The quantitative estimate of drug-likeness (QED) is 0.293. The van der Waals surface area contributed by atoms with Gasteiger partial charge >= 0.3 is 5.97 Å². The number of allylic oxidation sites excluding steroid dienone is 1. The molecule has 0 aromatic heterocycles. The molecule has 0 saturated carbocycles. The molecule has 6 heteroatoms. The molecule has 6 nitrogen and oxygen atoms in total. The zero-order valence-electron chi connectivity index (χ0n) is 15.7. The van der Waals surface area contributed by atoms with E-state index in [-0.39, 0.29) is 6.42 Å². The van der Waals surface area contributed by atoms with Gasteiger partial charge in [0.15, 0.2) is 0 Å². The van der Waals surface area contributed by atoms with Crippen LogP contribution in [0.1, 0.15) is 64.7 Å². The third-order valence-electron chi connectivity index (χ3n) is 4.55. The molecule has 0 bridgehead atoms. The molecule has 5 atom stereocenters. The minimum atomic E-state index is -0.882. The van der Waals surface area contributed by atoms with Crippen LogP contribution in [-0.4, -0.2) is 56.9 Å². The van der Waals surface area contributed by atoms with Gasteiger partial charge < -0.3 is 25.2 Å². The number of carboxylic acids is 1. The lowest BCUT2D eigenvalue weighted by Gasteiger charge is -2.16. The molecule has 1 aliphatic heterocycles. The summed E-state index contributed by atoms with van der Waals surface area (Å²) in [5, 5.41) is 38.7. The molecule has 1 heterocycles. The van der Waals surface area contributed by atoms with Crippen LogP contribution in [0.2, 0.25) is 0 Å². The van der Waals surface area contributed by atoms with Crippen molar-refractivity contribution in [3.05, 3.63) is 24.3 Å². The first-order valence-corrected chi connectivity index (χ1v) is 9.68. The fraction of sp³-hybridized carbons (Fsp3) is 0.750. The molecule has 1 saturated heterocycles. The molecule has 4 N–H and O–H groups in total. The van der Waals surface area contributed by atoms with E-state index in [9.17, 15) is 20.1 Å². The van der Waals surface area contributed by atoms with Crippen LogP contribution in [0, 0.1) is 0 Å². The first kappa shape index (κ1) is 22.8. The van der Waals surface area contributed by atoms with Crippen molar-refractivity contribution in [3.8, 4) is 0 Å². The Morgan fingerprint density at radius 2 is 2.00 bits per heavy atom. The van der Waals surface area contributed by atoms with E-state index in [4.69, 9.17) is 9.84 Å². The minimum Gasteiger partial charge on any atom is -0.481 e. The summed E-state index contributed by atoms with van der Waals surface area (Å²) in [6.45, 7) is 2.16. The van der Waals surface area contributed by atoms with Crippen LogP contribution in [-0.2, 0) is 9.53 Å². The molecule has 0 unspecified atom stereocenters. The SMILES string of the molecule is CCCCC/C=C\C[C@@H](O)[C@H]1C[C@H](O)[C@@H](/C=C/[C@@H](O)CCCC(=O)O)O1. The maximum Gasteiger partial charge on any atom is 0.303 e. The molecule has 0 aliphatic carbocycles. The van der Waals surface area contributed by atoms with E-state index in [1.165, 1.54) is 18.9 Å². The minimum absolute atomic E-state index is 0.0215. The zero-order valence-corrected chi connectivity index (χ0v) is 15.7. The number of aliphatic carboxylic acids is 1. The molecule has 150 valence electrons. The van der Waals surface area contributed by atoms with Crippen LogP contribution in [0.25, 0.3) is 0 Å². The third kappa shape index (κ3) is 9.48. The van der Waals surface area contributed by atoms with Crippen molar-refractivity contribution in [3.63, 3.8) is 0 Å². The van der Waals surface area contributed by atoms with Gasteiger partial charge in [-0.25, -0.2) is 0 Å². The van der Waals surface area contributed by atoms with Crippen LogP contribution in [0.4, 0.5) is 0 Å². The van der Waals surface area contributed by atoms with Crippen molar-refractivity contribution in [1.29, 1.82) is 0 Å². The van der Waals surface area contributed by atoms with Gasteiger partial charge in [-0.3, -0.25) is 4.79 Å². The van der Waals surface area contributed by atoms with Gasteiger partial charge in [0, 0.05) is 12.8 Å². The van der Waals surface area contributed by atoms with Crippen molar-refractivity contribution in [1.82, 2.24) is 0 Å². The van der Waals surface area contributed by atoms with E-state index in [0.29, 0.717) is 25.7 Å². The number of ether oxygens (including phenoxy) is 1. The predicted octanol–water partition coefficient (Wildman–Crippen LogP) is 2.56. The van der Waals surface area contributed by atoms with Gasteiger partial charge in [0.1, 0.15) is 6.10 Å². The maximum atomic E-state index is 10.5. The summed E-state index contributed by atoms with van der Waals surface area (Å²) in [4.78, 5) is 10.5. The Balaban J connectivity index is 2.32. The van der Waals surface area contributed by atoms with Crippen LogP contribution < -0.4 is 0 Å². The number of unbranched alkanes of at least 4 members (excludes halogenated alkanes) is 3. The molecule has 1 aliphatic rings. The van der Waals surface area contributed by atoms with E-state index in [1.807, 2.05) is 6.08 Å². The monoisotopic (exact) mass is 370 g/mol. The van der Waals surface area contributed by atoms with Gasteiger partial charge in [-0.15, -0.1) is 0 Å². The Morgan fingerprint density at radius 1 is 1.23 bits per heavy atom. The molecule has 26 heavy (non-hydrogen) atoms. The summed E-state index contributed by atoms with van der Waals surface area (Å²) < 4.78 is 5.70. The maximum absolute atomic E-state index is 10.5. The summed E-state index contributed by atoms with van der Waals surface area (Å²) in [5.41, 5.74) is 0. The number of carboxylic acid groups (broad SMARTS) is 1. The average Bonchev–Trinajstić information content (AvgIpc) is 2.96. The van der Waals surface area contributed by atoms with Crippen molar-refractivity contribution < 1.29 is 30.0 Å². The van der Waals surface area contributed by atoms with Crippen molar-refractivity contribution in [2.24, 2.45) is 0 Å². The molecule has 0 aromatic rings. The molecule has 0 aromatic carbocycles. The van der Waals surface area contributed by atoms with Gasteiger partial charge in [0.05, 0.1) is 24.4 Å². The van der Waals surface area contributed by atoms with Crippen LogP contribution in [0.15, 0.2) is 24.3 Å². The number of carbonyl (C=O) groups is 1. The highest BCUT2D eigenvalue weighted by molar-refractivity contribution is 5.66. The summed E-state index contributed by atoms with van der Waals surface area (Å²) in [7, 11) is 0. The van der Waals surface area contributed by atoms with E-state index in [2.05, 4.69) is 13.0 Å². The van der Waals surface area contributed by atoms with Gasteiger partial charge in [-0.05, 0) is 32.1 Å². The van der Waals surface area contributed by atoms with Gasteiger partial charge in [0.25, 0.3) is 0 Å². The number of rotatable bonds is 13. The second kappa shape index (κ2) is 13.0. The largest absolute Gasteiger partial charge is 0.481 e. The number of aliphatic hydroxyl groups excluding tert-OH is 3. The van der Waals surface area contributed by atoms with E-state index >= 15 is 0 Å². The van der Waals surface area contributed by atoms with E-state index in [1.54, 1.807) is 6.08 Å². The Bertz CT molecular complexity index is 448. The predicted molar refractivity (Wildman–Crippen MR) is 99.8 cm³/mol. The molecule has 0 radical (unpaired) electrons. The normalized spacial score (nSPS) is 25.9. The average molecular weight is 370 g/mol. The third-order valence-corrected chi connectivity index (χ3v) is 4.55. The van der Waals surface area contributed by atoms with Crippen LogP contribution in [0.3, 0.4) is 0 Å². The smallest absolute Gasteiger partial charge is 0.303 e. The topological polar surface area (TPSA) is 107 Å². The molecular formula is C20H34O6. The fourth-order valence-corrected chi connectivity index (χ4v) is 2.96. The second-order valence-corrected chi connectivity index (χ2v) is 6.95. The van der Waals surface area contributed by atoms with E-state index in [0.717, 1.165) is 12.8 Å². The number of hydrogen-bond donors (Lipinski definition) is 4. The van der Waals surface area contributed by atoms with Gasteiger partial charge in [-0.1, -0.05) is 44.1 Å². The Hall–Kier alpha value is -1.21. The highest BCUT2D eigenvalue weighted by Crippen LogP contribution is 2.25. The highest BCUT2D eigenvalue weighted by atomic mass is 16.5. The summed E-state index contributed by atoms with van der Waals surface area (Å²) in [5.74, 6) is -0.882. The Morgan fingerprint density at radius 3 is 2.69 bits per heavy atom. The molecular weight excluding hydrogens is 336 g/mol. The fourth-order valence-electron chi connectivity index (χ4n) is 2.96. The van der Waals surface area contributed by atoms with Crippen molar-refractivity contribution in [2.45, 2.75) is 95.2 Å². The highest BCUT2D eigenvalue weighted by Gasteiger charge is 2.35. The lowest BCUT2D eigenvalue weighted by Crippen LogP contribution is -2.25. The first-order valence-electron chi connectivity index (χ1n) is 9.68. The Kier molecular flexibility index (Phi) is 11.4. The van der Waals surface area contributed by atoms with Gasteiger partial charge in [0.2, 0.25) is 0 Å². The number of hydrogen-bond acceptors (Lipinski definition) is 5. The van der Waals surface area contributed by atoms with Gasteiger partial charge in [-0.2, -0.15) is 0 Å². The molecule has 1 fully saturated rings. The lowest BCUT2D eigenvalue weighted by atomic mass is 10.0. The molecule has 0 spiro atoms. The second-order valence-electron chi connectivity index (χ2n) is 6.95. The van der Waals surface area contributed by atoms with Crippen molar-refractivity contribution in [2.75, 3.05) is 0 Å². The van der Waals surface area contributed by atoms with Crippen LogP contribution >= 0.6 is 0 Å². The van der Waals surface area contributed by atoms with Crippen molar-refractivity contribution >= 4 is 5.97 Å². The summed E-state index contributed by atoms with van der Waals surface area (Å²) in [6, 6.07) is 0. The first-order chi connectivity index (χ1) is 12.4. The van der Waals surface area contributed by atoms with E-state index < -0.39 is 36.5 Å². The Labute approximate surface area is 156 Å². The summed E-state index contributed by atoms with van der Waals surface area (Å²) >= 11 is 0. The van der Waals surface area contributed by atoms with Crippen LogP contribution in [0.5, 0.6) is 0 Å². The molecule has 0 amide bonds. The standard InChI is InChI=1S/C20H34O6/c1-2-3-4-5-6-7-10-16(22)19-14-17(23)18(26-19)13-12-15(21)9-8-11-20(24)25/h6-7,12-13,15-19,21-23H,2-5,8-11,14H2,1H3,(H,24,25)/b7-6-,13-12+/t15-,16+,17-,18+,19+/m0/s1. The number of aliphatic hydroxyl groups is 3. The molecule has 1 rings (SSSR count). The zero-order chi connectivity index (χ0) is 19.4.